The van der Waals surface area contributed by atoms with Crippen molar-refractivity contribution in [1.29, 1.82) is 0 Å². The highest BCUT2D eigenvalue weighted by atomic mass is 127. The molecule has 0 bridgehead atoms. The maximum absolute atomic E-state index is 5.53. The van der Waals surface area contributed by atoms with Gasteiger partial charge in [-0.3, -0.25) is 4.99 Å². The van der Waals surface area contributed by atoms with Gasteiger partial charge in [-0.2, -0.15) is 0 Å². The van der Waals surface area contributed by atoms with E-state index in [-0.39, 0.29) is 6.04 Å². The van der Waals surface area contributed by atoms with Gasteiger partial charge in [-0.25, -0.2) is 0 Å². The molecule has 0 saturated carbocycles. The first-order chi connectivity index (χ1) is 10.8. The highest BCUT2D eigenvalue weighted by Crippen LogP contribution is 2.40. The van der Waals surface area contributed by atoms with E-state index < -0.39 is 0 Å². The van der Waals surface area contributed by atoms with Crippen molar-refractivity contribution >= 4 is 39.4 Å². The van der Waals surface area contributed by atoms with E-state index in [9.17, 15) is 0 Å². The van der Waals surface area contributed by atoms with Gasteiger partial charge in [0.1, 0.15) is 5.75 Å². The molecule has 0 spiro atoms. The first kappa shape index (κ1) is 15.9. The molecule has 3 rings (SSSR count). The van der Waals surface area contributed by atoms with Gasteiger partial charge in [0, 0.05) is 20.8 Å². The van der Waals surface area contributed by atoms with E-state index in [0.29, 0.717) is 5.25 Å². The van der Waals surface area contributed by atoms with E-state index in [2.05, 4.69) is 59.0 Å². The molecule has 4 heteroatoms. The number of methoxy groups -OCH3 is 1. The van der Waals surface area contributed by atoms with E-state index in [1.165, 1.54) is 11.1 Å². The van der Waals surface area contributed by atoms with Crippen LogP contribution in [0, 0.1) is 0 Å². The Balaban J connectivity index is 1.99. The van der Waals surface area contributed by atoms with Crippen molar-refractivity contribution in [2.45, 2.75) is 17.7 Å². The molecule has 2 atom stereocenters. The highest BCUT2D eigenvalue weighted by Gasteiger charge is 2.27. The van der Waals surface area contributed by atoms with E-state index in [4.69, 9.17) is 9.73 Å². The molecule has 2 aromatic carbocycles. The average molecular weight is 423 g/mol. The second kappa shape index (κ2) is 7.51. The maximum atomic E-state index is 5.53. The molecule has 2 aromatic rings. The fourth-order valence-electron chi connectivity index (χ4n) is 2.64. The summed E-state index contributed by atoms with van der Waals surface area (Å²) in [6, 6.07) is 18.9. The second-order valence-electron chi connectivity index (χ2n) is 5.19. The Hall–Kier alpha value is -1.01. The Morgan fingerprint density at radius 1 is 1.14 bits per heavy atom. The zero-order valence-corrected chi connectivity index (χ0v) is 15.4. The lowest BCUT2D eigenvalue weighted by Crippen LogP contribution is -2.19. The number of rotatable bonds is 4. The average Bonchev–Trinajstić information content (AvgIpc) is 2.62. The van der Waals surface area contributed by atoms with Gasteiger partial charge in [-0.05, 0) is 12.5 Å². The van der Waals surface area contributed by atoms with Crippen LogP contribution in [-0.2, 0) is 0 Å². The summed E-state index contributed by atoms with van der Waals surface area (Å²) < 4.78 is 6.66. The largest absolute Gasteiger partial charge is 0.496 e. The van der Waals surface area contributed by atoms with Gasteiger partial charge in [-0.15, -0.1) is 11.8 Å². The Morgan fingerprint density at radius 2 is 1.86 bits per heavy atom. The fraction of sp³-hybridized carbons (Fsp3) is 0.278. The summed E-state index contributed by atoms with van der Waals surface area (Å²) in [4.78, 5) is 5.03. The molecule has 2 unspecified atom stereocenters. The van der Waals surface area contributed by atoms with Crippen molar-refractivity contribution in [1.82, 2.24) is 0 Å². The number of alkyl halides is 1. The van der Waals surface area contributed by atoms with Gasteiger partial charge in [-0.1, -0.05) is 71.1 Å². The summed E-state index contributed by atoms with van der Waals surface area (Å²) in [6.07, 6.45) is 1.06. The molecule has 0 N–H and O–H groups in total. The van der Waals surface area contributed by atoms with Crippen LogP contribution in [0.2, 0.25) is 0 Å². The topological polar surface area (TPSA) is 21.6 Å². The van der Waals surface area contributed by atoms with Crippen LogP contribution < -0.4 is 4.74 Å². The van der Waals surface area contributed by atoms with E-state index >= 15 is 0 Å². The number of nitrogens with zero attached hydrogens (tertiary/aromatic N) is 1. The lowest BCUT2D eigenvalue weighted by molar-refractivity contribution is 0.404. The summed E-state index contributed by atoms with van der Waals surface area (Å²) in [5.74, 6) is 0.933. The zero-order chi connectivity index (χ0) is 15.4. The van der Waals surface area contributed by atoms with Gasteiger partial charge in [0.15, 0.2) is 0 Å². The van der Waals surface area contributed by atoms with Crippen molar-refractivity contribution < 1.29 is 4.74 Å². The van der Waals surface area contributed by atoms with Crippen molar-refractivity contribution in [3.05, 3.63) is 65.7 Å². The standard InChI is InChI=1S/C18H18INOS/c1-21-17-10-6-5-9-15(17)16-11-14(12-19)22-18(20-16)13-7-3-2-4-8-13/h2-10,14,16H,11-12H2,1H3. The third-order valence-corrected chi connectivity index (χ3v) is 6.65. The smallest absolute Gasteiger partial charge is 0.124 e. The monoisotopic (exact) mass is 423 g/mol. The number of aliphatic imine (C=N–C) groups is 1. The minimum Gasteiger partial charge on any atom is -0.496 e. The Labute approximate surface area is 149 Å². The zero-order valence-electron chi connectivity index (χ0n) is 12.4. The van der Waals surface area contributed by atoms with Crippen molar-refractivity contribution in [2.75, 3.05) is 11.5 Å². The van der Waals surface area contributed by atoms with Crippen LogP contribution in [0.3, 0.4) is 0 Å². The minimum atomic E-state index is 0.173. The number of benzene rings is 2. The molecular formula is C18H18INOS. The van der Waals surface area contributed by atoms with Crippen LogP contribution in [0.5, 0.6) is 5.75 Å². The quantitative estimate of drug-likeness (QED) is 0.503. The van der Waals surface area contributed by atoms with Crippen LogP contribution in [0.25, 0.3) is 0 Å². The van der Waals surface area contributed by atoms with Crippen LogP contribution in [0.15, 0.2) is 59.6 Å². The molecule has 2 nitrogen and oxygen atoms in total. The highest BCUT2D eigenvalue weighted by molar-refractivity contribution is 14.1. The number of para-hydroxylation sites is 1. The predicted octanol–water partition coefficient (Wildman–Crippen LogP) is 5.12. The second-order valence-corrected chi connectivity index (χ2v) is 7.36. The Bertz CT molecular complexity index is 659. The molecule has 0 saturated heterocycles. The number of hydrogen-bond donors (Lipinski definition) is 0. The van der Waals surface area contributed by atoms with Gasteiger partial charge < -0.3 is 4.74 Å². The summed E-state index contributed by atoms with van der Waals surface area (Å²) in [7, 11) is 1.73. The van der Waals surface area contributed by atoms with E-state index in [0.717, 1.165) is 21.6 Å². The van der Waals surface area contributed by atoms with Crippen LogP contribution in [-0.4, -0.2) is 21.8 Å². The number of thioether (sulfide) groups is 1. The molecule has 114 valence electrons. The van der Waals surface area contributed by atoms with Gasteiger partial charge >= 0.3 is 0 Å². The SMILES string of the molecule is COc1ccccc1C1CC(CI)SC(c2ccccc2)=N1. The number of ether oxygens (including phenoxy) is 1. The van der Waals surface area contributed by atoms with Crippen LogP contribution in [0.1, 0.15) is 23.6 Å². The lowest BCUT2D eigenvalue weighted by Gasteiger charge is -2.27. The maximum Gasteiger partial charge on any atom is 0.124 e. The molecule has 0 fully saturated rings. The van der Waals surface area contributed by atoms with Gasteiger partial charge in [0.25, 0.3) is 0 Å². The third kappa shape index (κ3) is 3.49. The summed E-state index contributed by atoms with van der Waals surface area (Å²) >= 11 is 4.37. The molecule has 0 radical (unpaired) electrons. The summed E-state index contributed by atoms with van der Waals surface area (Å²) in [5.41, 5.74) is 2.40. The Kier molecular flexibility index (Phi) is 5.41. The fourth-order valence-corrected chi connectivity index (χ4v) is 4.65. The number of halogens is 1. The summed E-state index contributed by atoms with van der Waals surface area (Å²) in [6.45, 7) is 0. The molecule has 1 heterocycles. The molecule has 0 aromatic heterocycles. The molecule has 0 aliphatic carbocycles. The van der Waals surface area contributed by atoms with Crippen molar-refractivity contribution in [3.63, 3.8) is 0 Å². The van der Waals surface area contributed by atoms with Crippen molar-refractivity contribution in [3.8, 4) is 5.75 Å². The molecule has 22 heavy (non-hydrogen) atoms. The Morgan fingerprint density at radius 3 is 2.59 bits per heavy atom. The molecule has 0 amide bonds. The van der Waals surface area contributed by atoms with E-state index in [1.54, 1.807) is 7.11 Å². The minimum absolute atomic E-state index is 0.173. The molecule has 1 aliphatic heterocycles. The van der Waals surface area contributed by atoms with Gasteiger partial charge in [0.05, 0.1) is 18.2 Å². The first-order valence-corrected chi connectivity index (χ1v) is 9.71. The van der Waals surface area contributed by atoms with Crippen LogP contribution >= 0.6 is 34.4 Å². The third-order valence-electron chi connectivity index (χ3n) is 3.73. The first-order valence-electron chi connectivity index (χ1n) is 7.30. The van der Waals surface area contributed by atoms with Crippen molar-refractivity contribution in [2.24, 2.45) is 4.99 Å². The molecule has 1 aliphatic rings. The van der Waals surface area contributed by atoms with Gasteiger partial charge in [0.2, 0.25) is 0 Å². The van der Waals surface area contributed by atoms with Crippen LogP contribution in [0.4, 0.5) is 0 Å². The van der Waals surface area contributed by atoms with E-state index in [1.807, 2.05) is 30.0 Å². The normalized spacial score (nSPS) is 21.3. The predicted molar refractivity (Wildman–Crippen MR) is 104 cm³/mol. The summed E-state index contributed by atoms with van der Waals surface area (Å²) in [5, 5.41) is 1.73. The lowest BCUT2D eigenvalue weighted by atomic mass is 10.0. The number of hydrogen-bond acceptors (Lipinski definition) is 3. The molecular weight excluding hydrogens is 405 g/mol.